The Bertz CT molecular complexity index is 278. The summed E-state index contributed by atoms with van der Waals surface area (Å²) in [7, 11) is 0. The Morgan fingerprint density at radius 3 is 2.93 bits per heavy atom. The van der Waals surface area contributed by atoms with Crippen molar-refractivity contribution in [1.82, 2.24) is 5.32 Å². The second-order valence-corrected chi connectivity index (χ2v) is 3.88. The van der Waals surface area contributed by atoms with E-state index in [0.29, 0.717) is 6.54 Å². The first-order valence-corrected chi connectivity index (χ1v) is 5.25. The summed E-state index contributed by atoms with van der Waals surface area (Å²) in [5.74, 6) is -0.192. The van der Waals surface area contributed by atoms with E-state index in [-0.39, 0.29) is 11.2 Å². The molecular formula is C11H15ClFN. The zero-order valence-electron chi connectivity index (χ0n) is 8.26. The molecule has 1 unspecified atom stereocenters. The van der Waals surface area contributed by atoms with Gasteiger partial charge in [-0.05, 0) is 24.1 Å². The van der Waals surface area contributed by atoms with Crippen molar-refractivity contribution in [2.45, 2.75) is 25.3 Å². The van der Waals surface area contributed by atoms with Gasteiger partial charge in [0.25, 0.3) is 0 Å². The highest BCUT2D eigenvalue weighted by molar-refractivity contribution is 6.20. The van der Waals surface area contributed by atoms with Crippen LogP contribution in [0.5, 0.6) is 0 Å². The van der Waals surface area contributed by atoms with Crippen molar-refractivity contribution < 1.29 is 4.39 Å². The number of hydrogen-bond acceptors (Lipinski definition) is 1. The number of alkyl halides is 1. The van der Waals surface area contributed by atoms with Gasteiger partial charge in [0.2, 0.25) is 0 Å². The normalized spacial score (nSPS) is 12.8. The predicted octanol–water partition coefficient (Wildman–Crippen LogP) is 2.93. The van der Waals surface area contributed by atoms with Crippen LogP contribution >= 0.6 is 11.6 Å². The fourth-order valence-corrected chi connectivity index (χ4v) is 1.27. The van der Waals surface area contributed by atoms with Crippen LogP contribution in [0.1, 0.15) is 18.9 Å². The number of halogens is 2. The molecule has 14 heavy (non-hydrogen) atoms. The molecule has 0 aliphatic carbocycles. The van der Waals surface area contributed by atoms with Crippen LogP contribution in [0, 0.1) is 5.82 Å². The van der Waals surface area contributed by atoms with E-state index in [2.05, 4.69) is 5.32 Å². The van der Waals surface area contributed by atoms with Gasteiger partial charge in [-0.2, -0.15) is 0 Å². The van der Waals surface area contributed by atoms with E-state index in [9.17, 15) is 4.39 Å². The zero-order chi connectivity index (χ0) is 10.4. The standard InChI is InChI=1S/C11H15ClFN/c1-2-10(12)8-14-7-9-4-3-5-11(13)6-9/h3-6,10,14H,2,7-8H2,1H3. The zero-order valence-corrected chi connectivity index (χ0v) is 9.02. The first-order valence-electron chi connectivity index (χ1n) is 4.81. The van der Waals surface area contributed by atoms with Crippen molar-refractivity contribution in [2.75, 3.05) is 6.54 Å². The van der Waals surface area contributed by atoms with Gasteiger partial charge in [0.15, 0.2) is 0 Å². The lowest BCUT2D eigenvalue weighted by molar-refractivity contribution is 0.615. The summed E-state index contributed by atoms with van der Waals surface area (Å²) in [4.78, 5) is 0. The Labute approximate surface area is 89.3 Å². The average Bonchev–Trinajstić information content (AvgIpc) is 2.17. The summed E-state index contributed by atoms with van der Waals surface area (Å²) in [6.45, 7) is 3.47. The highest BCUT2D eigenvalue weighted by atomic mass is 35.5. The summed E-state index contributed by atoms with van der Waals surface area (Å²) >= 11 is 5.93. The van der Waals surface area contributed by atoms with E-state index in [1.807, 2.05) is 13.0 Å². The third-order valence-corrected chi connectivity index (χ3v) is 2.49. The Morgan fingerprint density at radius 2 is 2.29 bits per heavy atom. The summed E-state index contributed by atoms with van der Waals surface area (Å²) < 4.78 is 12.8. The first kappa shape index (κ1) is 11.5. The molecule has 0 spiro atoms. The molecule has 0 saturated carbocycles. The van der Waals surface area contributed by atoms with Gasteiger partial charge in [0, 0.05) is 18.5 Å². The molecule has 1 atom stereocenters. The maximum atomic E-state index is 12.8. The molecule has 0 aliphatic rings. The number of rotatable bonds is 5. The third kappa shape index (κ3) is 4.07. The molecule has 1 aromatic rings. The molecule has 3 heteroatoms. The van der Waals surface area contributed by atoms with Gasteiger partial charge in [0.1, 0.15) is 5.82 Å². The lowest BCUT2D eigenvalue weighted by Gasteiger charge is -2.08. The molecule has 0 amide bonds. The van der Waals surface area contributed by atoms with Gasteiger partial charge >= 0.3 is 0 Å². The molecule has 0 heterocycles. The smallest absolute Gasteiger partial charge is 0.123 e. The van der Waals surface area contributed by atoms with Crippen molar-refractivity contribution in [1.29, 1.82) is 0 Å². The van der Waals surface area contributed by atoms with Gasteiger partial charge in [-0.25, -0.2) is 4.39 Å². The van der Waals surface area contributed by atoms with Gasteiger partial charge in [-0.1, -0.05) is 19.1 Å². The van der Waals surface area contributed by atoms with Crippen LogP contribution in [0.25, 0.3) is 0 Å². The largest absolute Gasteiger partial charge is 0.311 e. The van der Waals surface area contributed by atoms with Gasteiger partial charge in [-0.3, -0.25) is 0 Å². The Hall–Kier alpha value is -0.600. The monoisotopic (exact) mass is 215 g/mol. The molecule has 1 rings (SSSR count). The fourth-order valence-electron chi connectivity index (χ4n) is 1.16. The molecule has 0 radical (unpaired) electrons. The topological polar surface area (TPSA) is 12.0 Å². The second-order valence-electron chi connectivity index (χ2n) is 3.27. The molecule has 1 nitrogen and oxygen atoms in total. The SMILES string of the molecule is CCC(Cl)CNCc1cccc(F)c1. The summed E-state index contributed by atoms with van der Waals surface area (Å²) in [5.41, 5.74) is 0.949. The predicted molar refractivity (Wildman–Crippen MR) is 58.0 cm³/mol. The highest BCUT2D eigenvalue weighted by Crippen LogP contribution is 2.04. The van der Waals surface area contributed by atoms with E-state index >= 15 is 0 Å². The minimum absolute atomic E-state index is 0.156. The summed E-state index contributed by atoms with van der Waals surface area (Å²) in [6.07, 6.45) is 0.942. The molecule has 0 saturated heterocycles. The second kappa shape index (κ2) is 5.99. The highest BCUT2D eigenvalue weighted by Gasteiger charge is 2.00. The minimum Gasteiger partial charge on any atom is -0.311 e. The quantitative estimate of drug-likeness (QED) is 0.745. The molecule has 1 aromatic carbocycles. The van der Waals surface area contributed by atoms with Crippen molar-refractivity contribution in [3.8, 4) is 0 Å². The lowest BCUT2D eigenvalue weighted by atomic mass is 10.2. The van der Waals surface area contributed by atoms with Crippen LogP contribution in [0.4, 0.5) is 4.39 Å². The Morgan fingerprint density at radius 1 is 1.50 bits per heavy atom. The van der Waals surface area contributed by atoms with Crippen molar-refractivity contribution in [3.05, 3.63) is 35.6 Å². The van der Waals surface area contributed by atoms with E-state index in [4.69, 9.17) is 11.6 Å². The Balaban J connectivity index is 2.31. The van der Waals surface area contributed by atoms with Crippen molar-refractivity contribution in [2.24, 2.45) is 0 Å². The average molecular weight is 216 g/mol. The molecule has 78 valence electrons. The number of benzene rings is 1. The fraction of sp³-hybridized carbons (Fsp3) is 0.455. The van der Waals surface area contributed by atoms with Crippen molar-refractivity contribution >= 4 is 11.6 Å². The summed E-state index contributed by atoms with van der Waals surface area (Å²) in [5, 5.41) is 3.34. The van der Waals surface area contributed by atoms with Gasteiger partial charge in [0.05, 0.1) is 0 Å². The van der Waals surface area contributed by atoms with Crippen LogP contribution < -0.4 is 5.32 Å². The number of hydrogen-bond donors (Lipinski definition) is 1. The molecule has 0 fully saturated rings. The van der Waals surface area contributed by atoms with Gasteiger partial charge < -0.3 is 5.32 Å². The van der Waals surface area contributed by atoms with Gasteiger partial charge in [-0.15, -0.1) is 11.6 Å². The van der Waals surface area contributed by atoms with Crippen LogP contribution in [-0.4, -0.2) is 11.9 Å². The van der Waals surface area contributed by atoms with E-state index in [1.165, 1.54) is 12.1 Å². The van der Waals surface area contributed by atoms with E-state index in [1.54, 1.807) is 6.07 Å². The maximum Gasteiger partial charge on any atom is 0.123 e. The molecule has 0 bridgehead atoms. The van der Waals surface area contributed by atoms with E-state index in [0.717, 1.165) is 18.5 Å². The lowest BCUT2D eigenvalue weighted by Crippen LogP contribution is -2.22. The molecular weight excluding hydrogens is 201 g/mol. The number of nitrogens with one attached hydrogen (secondary N) is 1. The Kier molecular flexibility index (Phi) is 4.91. The van der Waals surface area contributed by atoms with Crippen LogP contribution in [0.15, 0.2) is 24.3 Å². The molecule has 1 N–H and O–H groups in total. The maximum absolute atomic E-state index is 12.8. The van der Waals surface area contributed by atoms with Crippen LogP contribution in [0.3, 0.4) is 0 Å². The van der Waals surface area contributed by atoms with E-state index < -0.39 is 0 Å². The van der Waals surface area contributed by atoms with Crippen molar-refractivity contribution in [3.63, 3.8) is 0 Å². The van der Waals surface area contributed by atoms with Crippen LogP contribution in [-0.2, 0) is 6.54 Å². The first-order chi connectivity index (χ1) is 6.72. The van der Waals surface area contributed by atoms with Crippen LogP contribution in [0.2, 0.25) is 0 Å². The molecule has 0 aromatic heterocycles. The molecule has 0 aliphatic heterocycles. The summed E-state index contributed by atoms with van der Waals surface area (Å²) in [6, 6.07) is 6.58. The third-order valence-electron chi connectivity index (χ3n) is 2.03. The minimum atomic E-state index is -0.192.